The van der Waals surface area contributed by atoms with Gasteiger partial charge in [-0.3, -0.25) is 4.90 Å². The van der Waals surface area contributed by atoms with Gasteiger partial charge < -0.3 is 4.52 Å². The van der Waals surface area contributed by atoms with Gasteiger partial charge >= 0.3 is 0 Å². The van der Waals surface area contributed by atoms with E-state index in [0.717, 1.165) is 31.7 Å². The first-order chi connectivity index (χ1) is 10.7. The molecule has 1 aliphatic rings. The molecule has 1 aliphatic carbocycles. The maximum Gasteiger partial charge on any atom is 0.240 e. The molecule has 6 heteroatoms. The zero-order valence-corrected chi connectivity index (χ0v) is 12.6. The average Bonchev–Trinajstić information content (AvgIpc) is 3.23. The highest BCUT2D eigenvalue weighted by Crippen LogP contribution is 2.30. The fourth-order valence-corrected chi connectivity index (χ4v) is 2.48. The molecule has 0 radical (unpaired) electrons. The molecule has 2 aromatic rings. The van der Waals surface area contributed by atoms with Gasteiger partial charge in [0.25, 0.3) is 0 Å². The monoisotopic (exact) mass is 307 g/mol. The van der Waals surface area contributed by atoms with Crippen LogP contribution in [-0.4, -0.2) is 21.1 Å². The Morgan fingerprint density at radius 2 is 2.09 bits per heavy atom. The molecule has 0 bridgehead atoms. The molecule has 0 N–H and O–H groups in total. The van der Waals surface area contributed by atoms with Crippen molar-refractivity contribution >= 4 is 0 Å². The van der Waals surface area contributed by atoms with Gasteiger partial charge in [-0.05, 0) is 25.3 Å². The van der Waals surface area contributed by atoms with Crippen LogP contribution in [-0.2, 0) is 19.5 Å². The molecule has 1 aromatic heterocycles. The second-order valence-electron chi connectivity index (χ2n) is 5.73. The lowest BCUT2D eigenvalue weighted by Crippen LogP contribution is -2.25. The molecule has 1 saturated carbocycles. The number of aryl methyl sites for hydroxylation is 1. The van der Waals surface area contributed by atoms with Crippen molar-refractivity contribution in [2.45, 2.75) is 51.7 Å². The number of nitrogens with zero attached hydrogens (tertiary/aromatic N) is 3. The number of hydrogen-bond acceptors (Lipinski definition) is 4. The minimum absolute atomic E-state index is 0.408. The Morgan fingerprint density at radius 1 is 1.27 bits per heavy atom. The minimum atomic E-state index is -0.555. The summed E-state index contributed by atoms with van der Waals surface area (Å²) in [6.45, 7) is 2.98. The van der Waals surface area contributed by atoms with Crippen LogP contribution in [0.3, 0.4) is 0 Å². The molecule has 118 valence electrons. The van der Waals surface area contributed by atoms with Gasteiger partial charge in [0.2, 0.25) is 5.89 Å². The summed E-state index contributed by atoms with van der Waals surface area (Å²) in [5.74, 6) is 0.197. The van der Waals surface area contributed by atoms with Crippen LogP contribution in [0.25, 0.3) is 0 Å². The predicted molar refractivity (Wildman–Crippen MR) is 76.9 cm³/mol. The van der Waals surface area contributed by atoms with E-state index in [2.05, 4.69) is 22.0 Å². The lowest BCUT2D eigenvalue weighted by Gasteiger charge is -2.20. The third-order valence-corrected chi connectivity index (χ3v) is 3.77. The Balaban J connectivity index is 1.69. The summed E-state index contributed by atoms with van der Waals surface area (Å²) in [6.07, 6.45) is 3.92. The van der Waals surface area contributed by atoms with Crippen LogP contribution in [0.4, 0.5) is 8.78 Å². The first-order valence-electron chi connectivity index (χ1n) is 7.65. The van der Waals surface area contributed by atoms with Crippen molar-refractivity contribution in [1.29, 1.82) is 0 Å². The zero-order chi connectivity index (χ0) is 15.5. The maximum atomic E-state index is 13.8. The lowest BCUT2D eigenvalue weighted by molar-refractivity contribution is 0.207. The molecule has 0 atom stereocenters. The number of benzene rings is 1. The third-order valence-electron chi connectivity index (χ3n) is 3.77. The van der Waals surface area contributed by atoms with E-state index in [9.17, 15) is 8.78 Å². The van der Waals surface area contributed by atoms with Gasteiger partial charge in [-0.2, -0.15) is 4.98 Å². The molecule has 3 rings (SSSR count). The van der Waals surface area contributed by atoms with Crippen LogP contribution in [0.1, 0.15) is 43.5 Å². The van der Waals surface area contributed by atoms with E-state index in [1.165, 1.54) is 12.1 Å². The van der Waals surface area contributed by atoms with Gasteiger partial charge in [0.15, 0.2) is 5.82 Å². The van der Waals surface area contributed by atoms with Gasteiger partial charge in [-0.25, -0.2) is 8.78 Å². The molecular weight excluding hydrogens is 288 g/mol. The van der Waals surface area contributed by atoms with Crippen molar-refractivity contribution in [3.05, 3.63) is 47.1 Å². The molecule has 0 amide bonds. The van der Waals surface area contributed by atoms with E-state index in [1.807, 2.05) is 0 Å². The van der Waals surface area contributed by atoms with Gasteiger partial charge in [0.05, 0.1) is 6.54 Å². The third kappa shape index (κ3) is 3.68. The van der Waals surface area contributed by atoms with Crippen LogP contribution >= 0.6 is 0 Å². The quantitative estimate of drug-likeness (QED) is 0.785. The minimum Gasteiger partial charge on any atom is -0.338 e. The molecule has 0 aliphatic heterocycles. The summed E-state index contributed by atoms with van der Waals surface area (Å²) in [4.78, 5) is 6.47. The SMILES string of the molecule is CCCc1noc(CN(Cc2ccc(F)cc2F)C2CC2)n1. The Bertz CT molecular complexity index is 640. The summed E-state index contributed by atoms with van der Waals surface area (Å²) >= 11 is 0. The highest BCUT2D eigenvalue weighted by molar-refractivity contribution is 5.18. The molecule has 0 saturated heterocycles. The van der Waals surface area contributed by atoms with E-state index in [1.54, 1.807) is 0 Å². The fourth-order valence-electron chi connectivity index (χ4n) is 2.48. The van der Waals surface area contributed by atoms with E-state index >= 15 is 0 Å². The van der Waals surface area contributed by atoms with Gasteiger partial charge in [0.1, 0.15) is 11.6 Å². The first-order valence-corrected chi connectivity index (χ1v) is 7.65. The average molecular weight is 307 g/mol. The van der Waals surface area contributed by atoms with Gasteiger partial charge in [-0.15, -0.1) is 0 Å². The summed E-state index contributed by atoms with van der Waals surface area (Å²) in [7, 11) is 0. The van der Waals surface area contributed by atoms with Crippen molar-refractivity contribution in [3.63, 3.8) is 0 Å². The second kappa shape index (κ2) is 6.52. The number of halogens is 2. The molecular formula is C16H19F2N3O. The Labute approximate surface area is 128 Å². The number of rotatable bonds is 7. The van der Waals surface area contributed by atoms with Crippen molar-refractivity contribution in [2.24, 2.45) is 0 Å². The van der Waals surface area contributed by atoms with Crippen molar-refractivity contribution in [2.75, 3.05) is 0 Å². The van der Waals surface area contributed by atoms with Gasteiger partial charge in [-0.1, -0.05) is 18.1 Å². The number of hydrogen-bond donors (Lipinski definition) is 0. The predicted octanol–water partition coefficient (Wildman–Crippen LogP) is 3.46. The highest BCUT2D eigenvalue weighted by Gasteiger charge is 2.30. The van der Waals surface area contributed by atoms with Gasteiger partial charge in [0, 0.05) is 30.6 Å². The Hall–Kier alpha value is -1.82. The number of aromatic nitrogens is 2. The van der Waals surface area contributed by atoms with Crippen molar-refractivity contribution in [3.8, 4) is 0 Å². The van der Waals surface area contributed by atoms with E-state index in [4.69, 9.17) is 4.52 Å². The molecule has 0 spiro atoms. The summed E-state index contributed by atoms with van der Waals surface area (Å²) in [6, 6.07) is 4.12. The van der Waals surface area contributed by atoms with E-state index in [0.29, 0.717) is 36.4 Å². The molecule has 1 aromatic carbocycles. The molecule has 1 heterocycles. The molecule has 1 fully saturated rings. The maximum absolute atomic E-state index is 13.8. The van der Waals surface area contributed by atoms with Crippen LogP contribution in [0.2, 0.25) is 0 Å². The molecule has 22 heavy (non-hydrogen) atoms. The topological polar surface area (TPSA) is 42.2 Å². The Morgan fingerprint density at radius 3 is 2.77 bits per heavy atom. The van der Waals surface area contributed by atoms with Crippen molar-refractivity contribution in [1.82, 2.24) is 15.0 Å². The van der Waals surface area contributed by atoms with Crippen LogP contribution in [0.15, 0.2) is 22.7 Å². The molecule has 4 nitrogen and oxygen atoms in total. The van der Waals surface area contributed by atoms with E-state index in [-0.39, 0.29) is 0 Å². The van der Waals surface area contributed by atoms with Crippen LogP contribution < -0.4 is 0 Å². The van der Waals surface area contributed by atoms with Crippen LogP contribution in [0, 0.1) is 11.6 Å². The Kier molecular flexibility index (Phi) is 4.47. The second-order valence-corrected chi connectivity index (χ2v) is 5.73. The lowest BCUT2D eigenvalue weighted by atomic mass is 10.2. The van der Waals surface area contributed by atoms with Crippen molar-refractivity contribution < 1.29 is 13.3 Å². The summed E-state index contributed by atoms with van der Waals surface area (Å²) in [5.41, 5.74) is 0.488. The van der Waals surface area contributed by atoms with Crippen LogP contribution in [0.5, 0.6) is 0 Å². The standard InChI is InChI=1S/C16H19F2N3O/c1-2-3-15-19-16(22-20-15)10-21(13-6-7-13)9-11-4-5-12(17)8-14(11)18/h4-5,8,13H,2-3,6-7,9-10H2,1H3. The van der Waals surface area contributed by atoms with E-state index < -0.39 is 11.6 Å². The first kappa shape index (κ1) is 15.1. The molecule has 0 unspecified atom stereocenters. The summed E-state index contributed by atoms with van der Waals surface area (Å²) < 4.78 is 32.1. The normalized spacial score (nSPS) is 14.7. The highest BCUT2D eigenvalue weighted by atomic mass is 19.1. The smallest absolute Gasteiger partial charge is 0.240 e. The zero-order valence-electron chi connectivity index (χ0n) is 12.6. The fraction of sp³-hybridized carbons (Fsp3) is 0.500. The summed E-state index contributed by atoms with van der Waals surface area (Å²) in [5, 5.41) is 3.94. The largest absolute Gasteiger partial charge is 0.338 e.